The number of amides is 2. The topological polar surface area (TPSA) is 76.7 Å². The van der Waals surface area contributed by atoms with Gasteiger partial charge in [-0.3, -0.25) is 9.59 Å². The minimum atomic E-state index is -0.0758. The van der Waals surface area contributed by atoms with Crippen LogP contribution in [0.25, 0.3) is 0 Å². The first kappa shape index (κ1) is 20.0. The third-order valence-corrected chi connectivity index (χ3v) is 5.71. The van der Waals surface area contributed by atoms with Gasteiger partial charge in [0, 0.05) is 30.7 Å². The smallest absolute Gasteiger partial charge is 0.227 e. The first-order chi connectivity index (χ1) is 13.1. The largest absolute Gasteiger partial charge is 0.495 e. The Morgan fingerprint density at radius 3 is 2.44 bits per heavy atom. The third kappa shape index (κ3) is 5.36. The number of halogens is 1. The minimum Gasteiger partial charge on any atom is -0.495 e. The molecule has 148 valence electrons. The number of nitrogens with one attached hydrogen (secondary N) is 2. The molecule has 2 fully saturated rings. The predicted molar refractivity (Wildman–Crippen MR) is 104 cm³/mol. The number of hydrogen-bond acceptors (Lipinski definition) is 4. The zero-order valence-electron chi connectivity index (χ0n) is 15.6. The molecular weight excluding hydrogens is 368 g/mol. The van der Waals surface area contributed by atoms with E-state index in [9.17, 15) is 9.59 Å². The summed E-state index contributed by atoms with van der Waals surface area (Å²) in [6.07, 6.45) is 5.15. The zero-order valence-corrected chi connectivity index (χ0v) is 16.4. The molecule has 3 rings (SSSR count). The molecular formula is C20H27ClN2O4. The molecule has 1 saturated carbocycles. The van der Waals surface area contributed by atoms with Crippen LogP contribution in [0.3, 0.4) is 0 Å². The summed E-state index contributed by atoms with van der Waals surface area (Å²) in [5.74, 6) is 0.559. The minimum absolute atomic E-state index is 0.00844. The van der Waals surface area contributed by atoms with E-state index in [1.807, 2.05) is 0 Å². The van der Waals surface area contributed by atoms with Crippen molar-refractivity contribution >= 4 is 29.1 Å². The first-order valence-corrected chi connectivity index (χ1v) is 9.98. The van der Waals surface area contributed by atoms with Gasteiger partial charge in [0.15, 0.2) is 0 Å². The Morgan fingerprint density at radius 1 is 1.15 bits per heavy atom. The van der Waals surface area contributed by atoms with Crippen molar-refractivity contribution in [3.8, 4) is 5.75 Å². The Bertz CT molecular complexity index is 668. The lowest BCUT2D eigenvalue weighted by Crippen LogP contribution is -2.38. The quantitative estimate of drug-likeness (QED) is 0.775. The molecule has 1 heterocycles. The second-order valence-corrected chi connectivity index (χ2v) is 7.67. The number of methoxy groups -OCH3 is 1. The summed E-state index contributed by atoms with van der Waals surface area (Å²) >= 11 is 6.10. The van der Waals surface area contributed by atoms with E-state index in [-0.39, 0.29) is 29.8 Å². The van der Waals surface area contributed by atoms with E-state index in [4.69, 9.17) is 21.1 Å². The Hall–Kier alpha value is -1.79. The molecule has 2 aliphatic rings. The SMILES string of the molecule is COc1ccc(NC(=O)C2CCC(C(=O)NCC3CCCO3)CC2)cc1Cl. The van der Waals surface area contributed by atoms with Gasteiger partial charge in [-0.15, -0.1) is 0 Å². The molecule has 1 aliphatic heterocycles. The Labute approximate surface area is 164 Å². The summed E-state index contributed by atoms with van der Waals surface area (Å²) in [5, 5.41) is 6.38. The van der Waals surface area contributed by atoms with Crippen molar-refractivity contribution in [1.29, 1.82) is 0 Å². The van der Waals surface area contributed by atoms with Crippen LogP contribution in [-0.4, -0.2) is 38.2 Å². The lowest BCUT2D eigenvalue weighted by atomic mass is 9.81. The van der Waals surface area contributed by atoms with E-state index in [2.05, 4.69) is 10.6 Å². The van der Waals surface area contributed by atoms with Crippen LogP contribution in [0.5, 0.6) is 5.75 Å². The predicted octanol–water partition coefficient (Wildman–Crippen LogP) is 3.39. The van der Waals surface area contributed by atoms with Crippen LogP contribution >= 0.6 is 11.6 Å². The molecule has 1 unspecified atom stereocenters. The summed E-state index contributed by atoms with van der Waals surface area (Å²) in [4.78, 5) is 24.8. The van der Waals surface area contributed by atoms with E-state index < -0.39 is 0 Å². The van der Waals surface area contributed by atoms with Gasteiger partial charge in [0.1, 0.15) is 5.75 Å². The summed E-state index contributed by atoms with van der Waals surface area (Å²) in [6.45, 7) is 1.39. The fraction of sp³-hybridized carbons (Fsp3) is 0.600. The maximum absolute atomic E-state index is 12.5. The average molecular weight is 395 g/mol. The molecule has 7 heteroatoms. The number of carbonyl (C=O) groups is 2. The molecule has 2 N–H and O–H groups in total. The van der Waals surface area contributed by atoms with Crippen LogP contribution in [0.1, 0.15) is 38.5 Å². The van der Waals surface area contributed by atoms with Gasteiger partial charge in [0.25, 0.3) is 0 Å². The second kappa shape index (κ2) is 9.42. The van der Waals surface area contributed by atoms with Gasteiger partial charge in [0.2, 0.25) is 11.8 Å². The average Bonchev–Trinajstić information content (AvgIpc) is 3.20. The van der Waals surface area contributed by atoms with E-state index in [1.165, 1.54) is 0 Å². The van der Waals surface area contributed by atoms with Crippen LogP contribution in [-0.2, 0) is 14.3 Å². The van der Waals surface area contributed by atoms with E-state index >= 15 is 0 Å². The lowest BCUT2D eigenvalue weighted by Gasteiger charge is -2.27. The lowest BCUT2D eigenvalue weighted by molar-refractivity contribution is -0.128. The zero-order chi connectivity index (χ0) is 19.2. The molecule has 0 radical (unpaired) electrons. The second-order valence-electron chi connectivity index (χ2n) is 7.27. The summed E-state index contributed by atoms with van der Waals surface area (Å²) in [5.41, 5.74) is 0.655. The third-order valence-electron chi connectivity index (χ3n) is 5.42. The van der Waals surface area contributed by atoms with Crippen molar-refractivity contribution < 1.29 is 19.1 Å². The first-order valence-electron chi connectivity index (χ1n) is 9.60. The summed E-state index contributed by atoms with van der Waals surface area (Å²) < 4.78 is 10.7. The molecule has 27 heavy (non-hydrogen) atoms. The molecule has 1 aliphatic carbocycles. The molecule has 0 bridgehead atoms. The molecule has 2 amide bonds. The van der Waals surface area contributed by atoms with Crippen molar-refractivity contribution in [1.82, 2.24) is 5.32 Å². The molecule has 6 nitrogen and oxygen atoms in total. The molecule has 1 aromatic rings. The van der Waals surface area contributed by atoms with Crippen molar-refractivity contribution in [2.45, 2.75) is 44.6 Å². The van der Waals surface area contributed by atoms with E-state index in [1.54, 1.807) is 25.3 Å². The van der Waals surface area contributed by atoms with Gasteiger partial charge in [0.05, 0.1) is 18.2 Å². The standard InChI is InChI=1S/C20H27ClN2O4/c1-26-18-9-8-15(11-17(18)21)23-20(25)14-6-4-13(5-7-14)19(24)22-12-16-3-2-10-27-16/h8-9,11,13-14,16H,2-7,10,12H2,1H3,(H,22,24)(H,23,25). The van der Waals surface area contributed by atoms with Crippen LogP contribution in [0.4, 0.5) is 5.69 Å². The molecule has 1 saturated heterocycles. The van der Waals surface area contributed by atoms with E-state index in [0.29, 0.717) is 35.8 Å². The highest BCUT2D eigenvalue weighted by Crippen LogP contribution is 2.31. The highest BCUT2D eigenvalue weighted by Gasteiger charge is 2.30. The number of ether oxygens (including phenoxy) is 2. The summed E-state index contributed by atoms with van der Waals surface area (Å²) in [6, 6.07) is 5.18. The normalized spacial score (nSPS) is 25.0. The molecule has 0 spiro atoms. The molecule has 1 atom stereocenters. The van der Waals surface area contributed by atoms with Gasteiger partial charge >= 0.3 is 0 Å². The van der Waals surface area contributed by atoms with Gasteiger partial charge < -0.3 is 20.1 Å². The Kier molecular flexibility index (Phi) is 6.96. The van der Waals surface area contributed by atoms with Crippen molar-refractivity contribution in [3.63, 3.8) is 0 Å². The number of anilines is 1. The number of hydrogen-bond donors (Lipinski definition) is 2. The van der Waals surface area contributed by atoms with E-state index in [0.717, 1.165) is 32.3 Å². The highest BCUT2D eigenvalue weighted by atomic mass is 35.5. The van der Waals surface area contributed by atoms with Crippen LogP contribution < -0.4 is 15.4 Å². The monoisotopic (exact) mass is 394 g/mol. The fourth-order valence-corrected chi connectivity index (χ4v) is 4.03. The number of rotatable bonds is 6. The summed E-state index contributed by atoms with van der Waals surface area (Å²) in [7, 11) is 1.55. The van der Waals surface area contributed by atoms with Crippen molar-refractivity contribution in [2.24, 2.45) is 11.8 Å². The number of benzene rings is 1. The van der Waals surface area contributed by atoms with Crippen molar-refractivity contribution in [3.05, 3.63) is 23.2 Å². The Balaban J connectivity index is 1.43. The molecule has 0 aromatic heterocycles. The Morgan fingerprint density at radius 2 is 1.85 bits per heavy atom. The van der Waals surface area contributed by atoms with Gasteiger partial charge in [-0.05, 0) is 56.7 Å². The number of carbonyl (C=O) groups excluding carboxylic acids is 2. The van der Waals surface area contributed by atoms with Crippen LogP contribution in [0.15, 0.2) is 18.2 Å². The molecule has 1 aromatic carbocycles. The van der Waals surface area contributed by atoms with Gasteiger partial charge in [-0.2, -0.15) is 0 Å². The van der Waals surface area contributed by atoms with Crippen LogP contribution in [0, 0.1) is 11.8 Å². The van der Waals surface area contributed by atoms with Gasteiger partial charge in [-0.1, -0.05) is 11.6 Å². The fourth-order valence-electron chi connectivity index (χ4n) is 3.77. The van der Waals surface area contributed by atoms with Crippen LogP contribution in [0.2, 0.25) is 5.02 Å². The maximum Gasteiger partial charge on any atom is 0.227 e. The van der Waals surface area contributed by atoms with Crippen molar-refractivity contribution in [2.75, 3.05) is 25.6 Å². The van der Waals surface area contributed by atoms with Gasteiger partial charge in [-0.25, -0.2) is 0 Å². The highest BCUT2D eigenvalue weighted by molar-refractivity contribution is 6.32. The maximum atomic E-state index is 12.5.